The molecular formula is C15H16ClNO2S2. The molecule has 112 valence electrons. The van der Waals surface area contributed by atoms with Gasteiger partial charge < -0.3 is 5.32 Å². The van der Waals surface area contributed by atoms with E-state index in [0.717, 1.165) is 20.2 Å². The SMILES string of the molecule is Cc1cc(C(=O)CCC(=O)NCc2ccc(Cl)s2)c(C)s1. The molecule has 21 heavy (non-hydrogen) atoms. The molecular weight excluding hydrogens is 326 g/mol. The van der Waals surface area contributed by atoms with Crippen molar-refractivity contribution in [1.29, 1.82) is 0 Å². The highest BCUT2D eigenvalue weighted by atomic mass is 35.5. The van der Waals surface area contributed by atoms with Crippen molar-refractivity contribution in [2.75, 3.05) is 0 Å². The quantitative estimate of drug-likeness (QED) is 0.793. The third-order valence-electron chi connectivity index (χ3n) is 3.01. The van der Waals surface area contributed by atoms with E-state index in [2.05, 4.69) is 5.32 Å². The van der Waals surface area contributed by atoms with Crippen LogP contribution < -0.4 is 5.32 Å². The number of halogens is 1. The molecule has 0 aliphatic rings. The third-order valence-corrected chi connectivity index (χ3v) is 5.21. The minimum absolute atomic E-state index is 0.0335. The number of amides is 1. The van der Waals surface area contributed by atoms with Gasteiger partial charge >= 0.3 is 0 Å². The van der Waals surface area contributed by atoms with Gasteiger partial charge in [-0.15, -0.1) is 22.7 Å². The first-order chi connectivity index (χ1) is 9.95. The van der Waals surface area contributed by atoms with Crippen molar-refractivity contribution < 1.29 is 9.59 Å². The lowest BCUT2D eigenvalue weighted by atomic mass is 10.1. The van der Waals surface area contributed by atoms with Crippen molar-refractivity contribution in [3.63, 3.8) is 0 Å². The summed E-state index contributed by atoms with van der Waals surface area (Å²) >= 11 is 8.88. The average Bonchev–Trinajstić information content (AvgIpc) is 2.99. The third kappa shape index (κ3) is 4.66. The van der Waals surface area contributed by atoms with Crippen molar-refractivity contribution in [3.05, 3.63) is 42.7 Å². The lowest BCUT2D eigenvalue weighted by molar-refractivity contribution is -0.121. The van der Waals surface area contributed by atoms with Crippen LogP contribution >= 0.6 is 34.3 Å². The molecule has 2 aromatic rings. The molecule has 0 unspecified atom stereocenters. The number of rotatable bonds is 6. The van der Waals surface area contributed by atoms with Crippen LogP contribution in [0.15, 0.2) is 18.2 Å². The maximum Gasteiger partial charge on any atom is 0.220 e. The molecule has 0 atom stereocenters. The van der Waals surface area contributed by atoms with Crippen LogP contribution in [0.4, 0.5) is 0 Å². The Hall–Kier alpha value is -1.17. The number of carbonyl (C=O) groups excluding carboxylic acids is 2. The maximum atomic E-state index is 12.1. The minimum atomic E-state index is -0.113. The van der Waals surface area contributed by atoms with Crippen LogP contribution in [0.5, 0.6) is 0 Å². The molecule has 6 heteroatoms. The van der Waals surface area contributed by atoms with Gasteiger partial charge in [-0.3, -0.25) is 9.59 Å². The molecule has 3 nitrogen and oxygen atoms in total. The second-order valence-corrected chi connectivity index (χ2v) is 7.99. The molecule has 0 fully saturated rings. The van der Waals surface area contributed by atoms with E-state index in [-0.39, 0.29) is 24.5 Å². The van der Waals surface area contributed by atoms with E-state index in [1.165, 1.54) is 11.3 Å². The fourth-order valence-corrected chi connectivity index (χ4v) is 3.96. The fraction of sp³-hybridized carbons (Fsp3) is 0.333. The Kier molecular flexibility index (Phi) is 5.56. The molecule has 2 heterocycles. The zero-order chi connectivity index (χ0) is 15.4. The van der Waals surface area contributed by atoms with Gasteiger partial charge in [0.1, 0.15) is 0 Å². The molecule has 0 spiro atoms. The van der Waals surface area contributed by atoms with Gasteiger partial charge in [0.15, 0.2) is 5.78 Å². The van der Waals surface area contributed by atoms with Crippen LogP contribution in [0.3, 0.4) is 0 Å². The van der Waals surface area contributed by atoms with Crippen LogP contribution in [0.1, 0.15) is 37.8 Å². The highest BCUT2D eigenvalue weighted by Gasteiger charge is 2.13. The van der Waals surface area contributed by atoms with Crippen molar-refractivity contribution in [2.45, 2.75) is 33.2 Å². The second-order valence-electron chi connectivity index (χ2n) is 4.73. The summed E-state index contributed by atoms with van der Waals surface area (Å²) in [6.07, 6.45) is 0.459. The molecule has 0 saturated carbocycles. The fourth-order valence-electron chi connectivity index (χ4n) is 1.99. The van der Waals surface area contributed by atoms with Crippen LogP contribution in [-0.2, 0) is 11.3 Å². The highest BCUT2D eigenvalue weighted by molar-refractivity contribution is 7.16. The van der Waals surface area contributed by atoms with Gasteiger partial charge in [-0.1, -0.05) is 11.6 Å². The summed E-state index contributed by atoms with van der Waals surface area (Å²) in [7, 11) is 0. The van der Waals surface area contributed by atoms with Gasteiger partial charge in [0.2, 0.25) is 5.91 Å². The highest BCUT2D eigenvalue weighted by Crippen LogP contribution is 2.22. The van der Waals surface area contributed by atoms with Gasteiger partial charge in [-0.2, -0.15) is 0 Å². The summed E-state index contributed by atoms with van der Waals surface area (Å²) in [4.78, 5) is 27.0. The number of aryl methyl sites for hydroxylation is 2. The number of nitrogens with one attached hydrogen (secondary N) is 1. The van der Waals surface area contributed by atoms with Crippen molar-refractivity contribution in [1.82, 2.24) is 5.32 Å². The molecule has 0 bridgehead atoms. The lowest BCUT2D eigenvalue weighted by Gasteiger charge is -2.03. The van der Waals surface area contributed by atoms with E-state index in [0.29, 0.717) is 10.9 Å². The minimum Gasteiger partial charge on any atom is -0.351 e. The Morgan fingerprint density at radius 2 is 1.95 bits per heavy atom. The molecule has 0 aromatic carbocycles. The summed E-state index contributed by atoms with van der Waals surface area (Å²) in [6.45, 7) is 4.37. The monoisotopic (exact) mass is 341 g/mol. The Labute approximate surface area is 136 Å². The molecule has 1 N–H and O–H groups in total. The Balaban J connectivity index is 1.78. The van der Waals surface area contributed by atoms with Gasteiger partial charge in [-0.25, -0.2) is 0 Å². The van der Waals surface area contributed by atoms with Crippen molar-refractivity contribution >= 4 is 46.0 Å². The first-order valence-corrected chi connectivity index (χ1v) is 8.58. The predicted molar refractivity (Wildman–Crippen MR) is 88.5 cm³/mol. The summed E-state index contributed by atoms with van der Waals surface area (Å²) in [5.41, 5.74) is 0.746. The Morgan fingerprint density at radius 3 is 2.52 bits per heavy atom. The molecule has 0 saturated heterocycles. The molecule has 2 aromatic heterocycles. The first-order valence-electron chi connectivity index (χ1n) is 6.57. The van der Waals surface area contributed by atoms with Crippen LogP contribution in [0, 0.1) is 13.8 Å². The van der Waals surface area contributed by atoms with E-state index in [1.807, 2.05) is 26.0 Å². The normalized spacial score (nSPS) is 10.6. The van der Waals surface area contributed by atoms with E-state index in [4.69, 9.17) is 11.6 Å². The lowest BCUT2D eigenvalue weighted by Crippen LogP contribution is -2.22. The van der Waals surface area contributed by atoms with Crippen LogP contribution in [0.2, 0.25) is 4.34 Å². The topological polar surface area (TPSA) is 46.2 Å². The smallest absolute Gasteiger partial charge is 0.220 e. The summed E-state index contributed by atoms with van der Waals surface area (Å²) in [6, 6.07) is 5.59. The number of ketones is 1. The zero-order valence-corrected chi connectivity index (χ0v) is 14.3. The van der Waals surface area contributed by atoms with Crippen molar-refractivity contribution in [3.8, 4) is 0 Å². The van der Waals surface area contributed by atoms with E-state index in [1.54, 1.807) is 17.4 Å². The number of hydrogen-bond donors (Lipinski definition) is 1. The molecule has 2 rings (SSSR count). The number of thiophene rings is 2. The van der Waals surface area contributed by atoms with Crippen molar-refractivity contribution in [2.24, 2.45) is 0 Å². The largest absolute Gasteiger partial charge is 0.351 e. The van der Waals surface area contributed by atoms with Gasteiger partial charge in [0.25, 0.3) is 0 Å². The average molecular weight is 342 g/mol. The number of Topliss-reactive ketones (excluding diaryl/α,β-unsaturated/α-hetero) is 1. The Bertz CT molecular complexity index is 660. The second kappa shape index (κ2) is 7.20. The van der Waals surface area contributed by atoms with Gasteiger partial charge in [0.05, 0.1) is 10.9 Å². The number of hydrogen-bond acceptors (Lipinski definition) is 4. The van der Waals surface area contributed by atoms with E-state index < -0.39 is 0 Å². The summed E-state index contributed by atoms with van der Waals surface area (Å²) in [5, 5.41) is 2.80. The van der Waals surface area contributed by atoms with E-state index >= 15 is 0 Å². The molecule has 0 aliphatic carbocycles. The van der Waals surface area contributed by atoms with Gasteiger partial charge in [-0.05, 0) is 32.0 Å². The number of carbonyl (C=O) groups is 2. The van der Waals surface area contributed by atoms with Gasteiger partial charge in [0, 0.05) is 33.0 Å². The van der Waals surface area contributed by atoms with E-state index in [9.17, 15) is 9.59 Å². The summed E-state index contributed by atoms with van der Waals surface area (Å²) < 4.78 is 0.706. The van der Waals surface area contributed by atoms with Crippen LogP contribution in [0.25, 0.3) is 0 Å². The Morgan fingerprint density at radius 1 is 1.19 bits per heavy atom. The molecule has 0 aliphatic heterocycles. The summed E-state index contributed by atoms with van der Waals surface area (Å²) in [5.74, 6) is -0.0800. The first kappa shape index (κ1) is 16.2. The molecule has 0 radical (unpaired) electrons. The standard InChI is InChI=1S/C15H16ClNO2S2/c1-9-7-12(10(2)20-9)13(18)4-6-15(19)17-8-11-3-5-14(16)21-11/h3,5,7H,4,6,8H2,1-2H3,(H,17,19). The van der Waals surface area contributed by atoms with Crippen LogP contribution in [-0.4, -0.2) is 11.7 Å². The maximum absolute atomic E-state index is 12.1. The molecule has 1 amide bonds. The zero-order valence-electron chi connectivity index (χ0n) is 11.9. The predicted octanol–water partition coefficient (Wildman–Crippen LogP) is 4.36.